The van der Waals surface area contributed by atoms with Gasteiger partial charge in [0.2, 0.25) is 0 Å². The first-order chi connectivity index (χ1) is 8.60. The Kier molecular flexibility index (Phi) is 4.65. The lowest BCUT2D eigenvalue weighted by molar-refractivity contribution is 0.115. The second-order valence-corrected chi connectivity index (χ2v) is 6.07. The molecule has 1 saturated heterocycles. The van der Waals surface area contributed by atoms with Crippen molar-refractivity contribution in [3.63, 3.8) is 0 Å². The Bertz CT molecular complexity index is 423. The fraction of sp³-hybridized carbons (Fsp3) is 0.571. The van der Waals surface area contributed by atoms with Crippen molar-refractivity contribution in [3.05, 3.63) is 27.7 Å². The number of hydrogen-bond acceptors (Lipinski definition) is 3. The van der Waals surface area contributed by atoms with Crippen molar-refractivity contribution in [2.24, 2.45) is 5.92 Å². The van der Waals surface area contributed by atoms with Crippen molar-refractivity contribution in [2.75, 3.05) is 19.7 Å². The average molecular weight is 314 g/mol. The van der Waals surface area contributed by atoms with Crippen LogP contribution in [0.2, 0.25) is 0 Å². The largest absolute Gasteiger partial charge is 0.507 e. The van der Waals surface area contributed by atoms with Gasteiger partial charge in [-0.3, -0.25) is 4.90 Å². The molecule has 2 N–H and O–H groups in total. The number of halogens is 1. The number of aliphatic hydroxyl groups is 1. The first kappa shape index (κ1) is 13.8. The van der Waals surface area contributed by atoms with Crippen molar-refractivity contribution in [2.45, 2.75) is 26.3 Å². The van der Waals surface area contributed by atoms with Crippen LogP contribution in [0.5, 0.6) is 5.75 Å². The summed E-state index contributed by atoms with van der Waals surface area (Å²) >= 11 is 3.47. The third-order valence-electron chi connectivity index (χ3n) is 3.60. The van der Waals surface area contributed by atoms with E-state index < -0.39 is 0 Å². The molecule has 0 radical (unpaired) electrons. The SMILES string of the molecule is Cc1cc(Br)cc(CN2CCCC(CO)C2)c1O. The van der Waals surface area contributed by atoms with Gasteiger partial charge in [0, 0.05) is 29.7 Å². The summed E-state index contributed by atoms with van der Waals surface area (Å²) in [5, 5.41) is 19.3. The van der Waals surface area contributed by atoms with E-state index in [2.05, 4.69) is 20.8 Å². The highest BCUT2D eigenvalue weighted by molar-refractivity contribution is 9.10. The first-order valence-corrected chi connectivity index (χ1v) is 7.20. The van der Waals surface area contributed by atoms with Crippen molar-refractivity contribution in [1.29, 1.82) is 0 Å². The van der Waals surface area contributed by atoms with E-state index >= 15 is 0 Å². The van der Waals surface area contributed by atoms with Crippen LogP contribution in [0, 0.1) is 12.8 Å². The maximum Gasteiger partial charge on any atom is 0.123 e. The molecule has 4 heteroatoms. The molecule has 1 unspecified atom stereocenters. The highest BCUT2D eigenvalue weighted by Gasteiger charge is 2.20. The minimum atomic E-state index is 0.264. The summed E-state index contributed by atoms with van der Waals surface area (Å²) in [6.07, 6.45) is 2.23. The normalized spacial score (nSPS) is 21.2. The van der Waals surface area contributed by atoms with Crippen LogP contribution in [-0.4, -0.2) is 34.8 Å². The summed E-state index contributed by atoms with van der Waals surface area (Å²) < 4.78 is 1.00. The molecule has 0 spiro atoms. The van der Waals surface area contributed by atoms with Gasteiger partial charge in [-0.2, -0.15) is 0 Å². The van der Waals surface area contributed by atoms with Gasteiger partial charge in [0.1, 0.15) is 5.75 Å². The summed E-state index contributed by atoms with van der Waals surface area (Å²) in [5.74, 6) is 0.776. The summed E-state index contributed by atoms with van der Waals surface area (Å²) in [4.78, 5) is 2.31. The first-order valence-electron chi connectivity index (χ1n) is 6.41. The number of aromatic hydroxyl groups is 1. The third kappa shape index (κ3) is 3.25. The minimum Gasteiger partial charge on any atom is -0.507 e. The van der Waals surface area contributed by atoms with Crippen LogP contribution in [0.4, 0.5) is 0 Å². The lowest BCUT2D eigenvalue weighted by Crippen LogP contribution is -2.36. The minimum absolute atomic E-state index is 0.264. The molecule has 18 heavy (non-hydrogen) atoms. The summed E-state index contributed by atoms with van der Waals surface area (Å²) in [7, 11) is 0. The number of phenols is 1. The highest BCUT2D eigenvalue weighted by Crippen LogP contribution is 2.29. The molecular weight excluding hydrogens is 294 g/mol. The third-order valence-corrected chi connectivity index (χ3v) is 4.06. The van der Waals surface area contributed by atoms with Gasteiger partial charge in [-0.1, -0.05) is 15.9 Å². The van der Waals surface area contributed by atoms with Crippen LogP contribution >= 0.6 is 15.9 Å². The maximum atomic E-state index is 10.1. The summed E-state index contributed by atoms with van der Waals surface area (Å²) in [6, 6.07) is 3.90. The van der Waals surface area contributed by atoms with Crippen molar-refractivity contribution in [3.8, 4) is 5.75 Å². The number of nitrogens with zero attached hydrogens (tertiary/aromatic N) is 1. The molecule has 100 valence electrons. The number of rotatable bonds is 3. The van der Waals surface area contributed by atoms with E-state index in [9.17, 15) is 10.2 Å². The van der Waals surface area contributed by atoms with Crippen LogP contribution in [0.3, 0.4) is 0 Å². The van der Waals surface area contributed by atoms with Gasteiger partial charge < -0.3 is 10.2 Å². The predicted octanol–water partition coefficient (Wildman–Crippen LogP) is 2.67. The van der Waals surface area contributed by atoms with E-state index in [-0.39, 0.29) is 6.61 Å². The van der Waals surface area contributed by atoms with Gasteiger partial charge in [0.25, 0.3) is 0 Å². The molecule has 0 amide bonds. The van der Waals surface area contributed by atoms with Crippen molar-refractivity contribution >= 4 is 15.9 Å². The molecule has 1 aliphatic heterocycles. The molecule has 1 aromatic rings. The maximum absolute atomic E-state index is 10.1. The number of likely N-dealkylation sites (tertiary alicyclic amines) is 1. The zero-order valence-corrected chi connectivity index (χ0v) is 12.3. The molecule has 0 aromatic heterocycles. The Morgan fingerprint density at radius 2 is 2.22 bits per heavy atom. The van der Waals surface area contributed by atoms with Crippen LogP contribution in [0.25, 0.3) is 0 Å². The van der Waals surface area contributed by atoms with Crippen molar-refractivity contribution in [1.82, 2.24) is 4.90 Å². The number of hydrogen-bond donors (Lipinski definition) is 2. The van der Waals surface area contributed by atoms with Gasteiger partial charge >= 0.3 is 0 Å². The Morgan fingerprint density at radius 1 is 1.44 bits per heavy atom. The number of phenolic OH excluding ortho intramolecular Hbond substituents is 1. The van der Waals surface area contributed by atoms with E-state index in [1.54, 1.807) is 0 Å². The molecule has 1 heterocycles. The topological polar surface area (TPSA) is 43.7 Å². The lowest BCUT2D eigenvalue weighted by Gasteiger charge is -2.32. The van der Waals surface area contributed by atoms with Crippen LogP contribution < -0.4 is 0 Å². The molecule has 3 nitrogen and oxygen atoms in total. The van der Waals surface area contributed by atoms with Gasteiger partial charge in [-0.15, -0.1) is 0 Å². The second kappa shape index (κ2) is 6.04. The van der Waals surface area contributed by atoms with E-state index in [1.165, 1.54) is 0 Å². The van der Waals surface area contributed by atoms with E-state index in [1.807, 2.05) is 19.1 Å². The summed E-state index contributed by atoms with van der Waals surface area (Å²) in [6.45, 7) is 4.89. The number of aryl methyl sites for hydroxylation is 1. The number of piperidine rings is 1. The van der Waals surface area contributed by atoms with Gasteiger partial charge in [-0.05, 0) is 49.9 Å². The number of aliphatic hydroxyl groups excluding tert-OH is 1. The smallest absolute Gasteiger partial charge is 0.123 e. The Balaban J connectivity index is 2.09. The highest BCUT2D eigenvalue weighted by atomic mass is 79.9. The lowest BCUT2D eigenvalue weighted by atomic mass is 9.98. The quantitative estimate of drug-likeness (QED) is 0.901. The Hall–Kier alpha value is -0.580. The summed E-state index contributed by atoms with van der Waals surface area (Å²) in [5.41, 5.74) is 1.86. The van der Waals surface area contributed by atoms with E-state index in [0.717, 1.165) is 48.1 Å². The van der Waals surface area contributed by atoms with Gasteiger partial charge in [-0.25, -0.2) is 0 Å². The standard InChI is InChI=1S/C14H20BrNO2/c1-10-5-13(15)6-12(14(10)18)8-16-4-2-3-11(7-16)9-17/h5-6,11,17-18H,2-4,7-9H2,1H3. The van der Waals surface area contributed by atoms with Crippen LogP contribution in [0.1, 0.15) is 24.0 Å². The molecule has 0 aliphatic carbocycles. The fourth-order valence-corrected chi connectivity index (χ4v) is 3.23. The monoisotopic (exact) mass is 313 g/mol. The molecular formula is C14H20BrNO2. The predicted molar refractivity (Wildman–Crippen MR) is 75.6 cm³/mol. The molecule has 1 aromatic carbocycles. The van der Waals surface area contributed by atoms with E-state index in [0.29, 0.717) is 11.7 Å². The number of benzene rings is 1. The Labute approximate surface area is 117 Å². The fourth-order valence-electron chi connectivity index (χ4n) is 2.61. The van der Waals surface area contributed by atoms with Crippen molar-refractivity contribution < 1.29 is 10.2 Å². The zero-order valence-electron chi connectivity index (χ0n) is 10.7. The average Bonchev–Trinajstić information content (AvgIpc) is 2.35. The van der Waals surface area contributed by atoms with Crippen LogP contribution in [-0.2, 0) is 6.54 Å². The molecule has 0 saturated carbocycles. The van der Waals surface area contributed by atoms with E-state index in [4.69, 9.17) is 0 Å². The van der Waals surface area contributed by atoms with Gasteiger partial charge in [0.05, 0.1) is 0 Å². The zero-order chi connectivity index (χ0) is 13.1. The molecule has 2 rings (SSSR count). The molecule has 1 aliphatic rings. The molecule has 1 fully saturated rings. The molecule has 0 bridgehead atoms. The van der Waals surface area contributed by atoms with Crippen LogP contribution in [0.15, 0.2) is 16.6 Å². The van der Waals surface area contributed by atoms with Gasteiger partial charge in [0.15, 0.2) is 0 Å². The molecule has 1 atom stereocenters. The Morgan fingerprint density at radius 3 is 2.94 bits per heavy atom. The second-order valence-electron chi connectivity index (χ2n) is 5.16.